The number of aryl methyl sites for hydroxylation is 1. The average molecular weight is 256 g/mol. The van der Waals surface area contributed by atoms with Gasteiger partial charge in [-0.15, -0.1) is 0 Å². The zero-order valence-corrected chi connectivity index (χ0v) is 10.7. The maximum Gasteiger partial charge on any atom is 0.180 e. The molecular weight excluding hydrogens is 242 g/mol. The van der Waals surface area contributed by atoms with E-state index in [9.17, 15) is 4.79 Å². The fourth-order valence-electron chi connectivity index (χ4n) is 1.68. The lowest BCUT2D eigenvalue weighted by Crippen LogP contribution is -2.43. The lowest BCUT2D eigenvalue weighted by atomic mass is 10.0. The van der Waals surface area contributed by atoms with Crippen LogP contribution in [0, 0.1) is 6.92 Å². The molecular formula is C12H14ClNOS. The molecule has 1 heterocycles. The van der Waals surface area contributed by atoms with Crippen molar-refractivity contribution in [1.29, 1.82) is 0 Å². The Hall–Kier alpha value is -0.510. The van der Waals surface area contributed by atoms with Gasteiger partial charge in [-0.25, -0.2) is 0 Å². The third kappa shape index (κ3) is 2.59. The van der Waals surface area contributed by atoms with Crippen LogP contribution in [0.15, 0.2) is 18.2 Å². The highest BCUT2D eigenvalue weighted by molar-refractivity contribution is 7.99. The fourth-order valence-corrected chi connectivity index (χ4v) is 2.80. The minimum absolute atomic E-state index is 0.0578. The van der Waals surface area contributed by atoms with Gasteiger partial charge in [-0.05, 0) is 18.6 Å². The Balaban J connectivity index is 2.16. The number of hydrogen-bond acceptors (Lipinski definition) is 3. The van der Waals surface area contributed by atoms with Gasteiger partial charge in [-0.3, -0.25) is 4.79 Å². The topological polar surface area (TPSA) is 29.1 Å². The van der Waals surface area contributed by atoms with Crippen LogP contribution in [0.1, 0.15) is 15.9 Å². The molecule has 1 fully saturated rings. The zero-order chi connectivity index (χ0) is 11.5. The third-order valence-corrected chi connectivity index (χ3v) is 4.16. The second-order valence-corrected chi connectivity index (χ2v) is 5.47. The van der Waals surface area contributed by atoms with Gasteiger partial charge in [0.2, 0.25) is 0 Å². The Labute approximate surface area is 105 Å². The lowest BCUT2D eigenvalue weighted by molar-refractivity contribution is 0.0953. The molecule has 0 saturated carbocycles. The first-order valence-corrected chi connectivity index (χ1v) is 6.83. The van der Waals surface area contributed by atoms with E-state index in [2.05, 4.69) is 5.32 Å². The van der Waals surface area contributed by atoms with Crippen LogP contribution in [-0.4, -0.2) is 29.9 Å². The fraction of sp³-hybridized carbons (Fsp3) is 0.417. The molecule has 0 bridgehead atoms. The average Bonchev–Trinajstić information content (AvgIpc) is 2.33. The summed E-state index contributed by atoms with van der Waals surface area (Å²) >= 11 is 7.84. The Kier molecular flexibility index (Phi) is 3.90. The van der Waals surface area contributed by atoms with E-state index in [4.69, 9.17) is 11.6 Å². The summed E-state index contributed by atoms with van der Waals surface area (Å²) in [5, 5.41) is 3.90. The molecule has 0 spiro atoms. The molecule has 1 unspecified atom stereocenters. The van der Waals surface area contributed by atoms with Gasteiger partial charge >= 0.3 is 0 Å². The van der Waals surface area contributed by atoms with Gasteiger partial charge in [0.05, 0.1) is 6.04 Å². The number of Topliss-reactive ketones (excluding diaryl/α,β-unsaturated/α-hetero) is 1. The summed E-state index contributed by atoms with van der Waals surface area (Å²) in [4.78, 5) is 12.1. The first-order valence-electron chi connectivity index (χ1n) is 5.30. The van der Waals surface area contributed by atoms with Crippen molar-refractivity contribution < 1.29 is 4.79 Å². The van der Waals surface area contributed by atoms with E-state index in [1.807, 2.05) is 30.8 Å². The van der Waals surface area contributed by atoms with Crippen LogP contribution in [0.2, 0.25) is 5.02 Å². The summed E-state index contributed by atoms with van der Waals surface area (Å²) in [6.07, 6.45) is 0. The monoisotopic (exact) mass is 255 g/mol. The first kappa shape index (κ1) is 12.0. The minimum atomic E-state index is -0.0578. The third-order valence-electron chi connectivity index (χ3n) is 2.69. The largest absolute Gasteiger partial charge is 0.306 e. The molecule has 0 radical (unpaired) electrons. The van der Waals surface area contributed by atoms with Crippen LogP contribution in [0.5, 0.6) is 0 Å². The quantitative estimate of drug-likeness (QED) is 0.824. The minimum Gasteiger partial charge on any atom is -0.306 e. The highest BCUT2D eigenvalue weighted by Crippen LogP contribution is 2.19. The van der Waals surface area contributed by atoms with Gasteiger partial charge < -0.3 is 5.32 Å². The standard InChI is InChI=1S/C12H14ClNOS/c1-8-2-3-9(6-10(8)13)12(15)11-7-16-5-4-14-11/h2-3,6,11,14H,4-5,7H2,1H3. The van der Waals surface area contributed by atoms with Gasteiger partial charge in [0.15, 0.2) is 5.78 Å². The van der Waals surface area contributed by atoms with Crippen LogP contribution >= 0.6 is 23.4 Å². The second-order valence-electron chi connectivity index (χ2n) is 3.91. The summed E-state index contributed by atoms with van der Waals surface area (Å²) in [5.41, 5.74) is 1.71. The van der Waals surface area contributed by atoms with Crippen molar-refractivity contribution in [2.24, 2.45) is 0 Å². The van der Waals surface area contributed by atoms with E-state index < -0.39 is 0 Å². The number of ketones is 1. The Morgan fingerprint density at radius 1 is 1.56 bits per heavy atom. The molecule has 1 aromatic carbocycles. The Morgan fingerprint density at radius 3 is 3.00 bits per heavy atom. The van der Waals surface area contributed by atoms with Gasteiger partial charge in [0.1, 0.15) is 0 Å². The van der Waals surface area contributed by atoms with E-state index in [0.29, 0.717) is 10.6 Å². The van der Waals surface area contributed by atoms with Crippen LogP contribution in [0.4, 0.5) is 0 Å². The first-order chi connectivity index (χ1) is 7.68. The smallest absolute Gasteiger partial charge is 0.180 e. The molecule has 0 aliphatic carbocycles. The van der Waals surface area contributed by atoms with E-state index in [1.165, 1.54) is 0 Å². The maximum atomic E-state index is 12.1. The molecule has 1 aliphatic rings. The van der Waals surface area contributed by atoms with Crippen LogP contribution in [0.25, 0.3) is 0 Å². The van der Waals surface area contributed by atoms with Gasteiger partial charge in [-0.1, -0.05) is 23.7 Å². The molecule has 1 aliphatic heterocycles. The van der Waals surface area contributed by atoms with Crippen molar-refractivity contribution in [2.75, 3.05) is 18.1 Å². The van der Waals surface area contributed by atoms with E-state index in [-0.39, 0.29) is 11.8 Å². The van der Waals surface area contributed by atoms with Gasteiger partial charge in [0, 0.05) is 28.6 Å². The molecule has 16 heavy (non-hydrogen) atoms. The number of hydrogen-bond donors (Lipinski definition) is 1. The van der Waals surface area contributed by atoms with Crippen molar-refractivity contribution in [3.05, 3.63) is 34.3 Å². The second kappa shape index (κ2) is 5.21. The van der Waals surface area contributed by atoms with Gasteiger partial charge in [-0.2, -0.15) is 11.8 Å². The summed E-state index contributed by atoms with van der Waals surface area (Å²) in [5.74, 6) is 2.08. The number of carbonyl (C=O) groups excluding carboxylic acids is 1. The van der Waals surface area contributed by atoms with Crippen molar-refractivity contribution in [1.82, 2.24) is 5.32 Å². The molecule has 86 valence electrons. The Bertz CT molecular complexity index is 402. The predicted molar refractivity (Wildman–Crippen MR) is 69.6 cm³/mol. The number of benzene rings is 1. The van der Waals surface area contributed by atoms with E-state index in [0.717, 1.165) is 23.6 Å². The molecule has 0 aromatic heterocycles. The molecule has 4 heteroatoms. The van der Waals surface area contributed by atoms with Crippen molar-refractivity contribution >= 4 is 29.1 Å². The summed E-state index contributed by atoms with van der Waals surface area (Å²) < 4.78 is 0. The van der Waals surface area contributed by atoms with Crippen LogP contribution in [0.3, 0.4) is 0 Å². The van der Waals surface area contributed by atoms with Crippen molar-refractivity contribution in [3.8, 4) is 0 Å². The highest BCUT2D eigenvalue weighted by atomic mass is 35.5. The number of carbonyl (C=O) groups is 1. The SMILES string of the molecule is Cc1ccc(C(=O)C2CSCCN2)cc1Cl. The summed E-state index contributed by atoms with van der Waals surface area (Å²) in [6.45, 7) is 2.84. The number of nitrogens with one attached hydrogen (secondary N) is 1. The molecule has 1 atom stereocenters. The molecule has 1 N–H and O–H groups in total. The number of halogens is 1. The highest BCUT2D eigenvalue weighted by Gasteiger charge is 2.22. The van der Waals surface area contributed by atoms with Crippen LogP contribution < -0.4 is 5.32 Å². The van der Waals surface area contributed by atoms with Crippen molar-refractivity contribution in [3.63, 3.8) is 0 Å². The predicted octanol–water partition coefficient (Wildman–Crippen LogP) is 2.54. The zero-order valence-electron chi connectivity index (χ0n) is 9.13. The maximum absolute atomic E-state index is 12.1. The number of rotatable bonds is 2. The summed E-state index contributed by atoms with van der Waals surface area (Å²) in [7, 11) is 0. The van der Waals surface area contributed by atoms with Gasteiger partial charge in [0.25, 0.3) is 0 Å². The lowest BCUT2D eigenvalue weighted by Gasteiger charge is -2.22. The molecule has 2 rings (SSSR count). The molecule has 2 nitrogen and oxygen atoms in total. The van der Waals surface area contributed by atoms with Crippen LogP contribution in [-0.2, 0) is 0 Å². The normalized spacial score (nSPS) is 20.8. The summed E-state index contributed by atoms with van der Waals surface area (Å²) in [6, 6.07) is 5.45. The molecule has 0 amide bonds. The van der Waals surface area contributed by atoms with Crippen molar-refractivity contribution in [2.45, 2.75) is 13.0 Å². The van der Waals surface area contributed by atoms with E-state index in [1.54, 1.807) is 6.07 Å². The Morgan fingerprint density at radius 2 is 2.38 bits per heavy atom. The van der Waals surface area contributed by atoms with E-state index >= 15 is 0 Å². The molecule has 1 aromatic rings. The number of thioether (sulfide) groups is 1. The molecule has 1 saturated heterocycles.